The number of hydrogen-bond donors (Lipinski definition) is 0. The Hall–Kier alpha value is -1.24. The van der Waals surface area contributed by atoms with E-state index in [-0.39, 0.29) is 0 Å². The Balaban J connectivity index is 3.13. The minimum atomic E-state index is 1.26. The maximum atomic E-state index is 4.91. The Kier molecular flexibility index (Phi) is 3.13. The molecular formula is C12H16O. The zero-order valence-corrected chi connectivity index (χ0v) is 8.72. The van der Waals surface area contributed by atoms with Gasteiger partial charge in [0, 0.05) is 0 Å². The van der Waals surface area contributed by atoms with Gasteiger partial charge in [-0.05, 0) is 43.5 Å². The number of rotatable bonds is 2. The SMILES string of the molecule is CO/C=C/c1c(C)cc(C)cc1C. The summed E-state index contributed by atoms with van der Waals surface area (Å²) in [5.74, 6) is 0. The van der Waals surface area contributed by atoms with Crippen molar-refractivity contribution in [2.75, 3.05) is 7.11 Å². The van der Waals surface area contributed by atoms with Crippen LogP contribution in [0.5, 0.6) is 0 Å². The van der Waals surface area contributed by atoms with Crippen molar-refractivity contribution < 1.29 is 4.74 Å². The minimum absolute atomic E-state index is 1.26. The highest BCUT2D eigenvalue weighted by atomic mass is 16.5. The van der Waals surface area contributed by atoms with Gasteiger partial charge in [-0.3, -0.25) is 0 Å². The van der Waals surface area contributed by atoms with Crippen molar-refractivity contribution in [1.82, 2.24) is 0 Å². The molecule has 0 aliphatic rings. The summed E-state index contributed by atoms with van der Waals surface area (Å²) < 4.78 is 4.91. The Labute approximate surface area is 80.0 Å². The van der Waals surface area contributed by atoms with Crippen molar-refractivity contribution >= 4 is 6.08 Å². The zero-order valence-electron chi connectivity index (χ0n) is 8.72. The van der Waals surface area contributed by atoms with Gasteiger partial charge in [-0.2, -0.15) is 0 Å². The standard InChI is InChI=1S/C12H16O/c1-9-7-10(2)12(5-6-13-4)11(3)8-9/h5-8H,1-4H3/b6-5+. The van der Waals surface area contributed by atoms with Crippen LogP contribution in [0.3, 0.4) is 0 Å². The summed E-state index contributed by atoms with van der Waals surface area (Å²) in [6.07, 6.45) is 3.72. The van der Waals surface area contributed by atoms with Crippen LogP contribution in [0.2, 0.25) is 0 Å². The molecule has 0 atom stereocenters. The highest BCUT2D eigenvalue weighted by molar-refractivity contribution is 5.57. The number of ether oxygens (including phenoxy) is 1. The molecule has 1 rings (SSSR count). The van der Waals surface area contributed by atoms with Crippen LogP contribution in [-0.4, -0.2) is 7.11 Å². The molecule has 1 nitrogen and oxygen atoms in total. The van der Waals surface area contributed by atoms with Crippen LogP contribution in [0, 0.1) is 20.8 Å². The van der Waals surface area contributed by atoms with Crippen molar-refractivity contribution in [3.8, 4) is 0 Å². The third kappa shape index (κ3) is 2.35. The molecule has 0 aliphatic heterocycles. The summed E-state index contributed by atoms with van der Waals surface area (Å²) in [5.41, 5.74) is 5.16. The second-order valence-corrected chi connectivity index (χ2v) is 3.35. The number of hydrogen-bond acceptors (Lipinski definition) is 1. The molecular weight excluding hydrogens is 160 g/mol. The van der Waals surface area contributed by atoms with Gasteiger partial charge in [-0.25, -0.2) is 0 Å². The average molecular weight is 176 g/mol. The lowest BCUT2D eigenvalue weighted by molar-refractivity contribution is 0.341. The van der Waals surface area contributed by atoms with Crippen molar-refractivity contribution in [1.29, 1.82) is 0 Å². The van der Waals surface area contributed by atoms with Gasteiger partial charge in [-0.15, -0.1) is 0 Å². The van der Waals surface area contributed by atoms with E-state index in [4.69, 9.17) is 4.74 Å². The van der Waals surface area contributed by atoms with Crippen LogP contribution < -0.4 is 0 Å². The van der Waals surface area contributed by atoms with Crippen LogP contribution in [0.1, 0.15) is 22.3 Å². The maximum absolute atomic E-state index is 4.91. The van der Waals surface area contributed by atoms with Gasteiger partial charge in [0.25, 0.3) is 0 Å². The quantitative estimate of drug-likeness (QED) is 0.629. The lowest BCUT2D eigenvalue weighted by atomic mass is 10.00. The second-order valence-electron chi connectivity index (χ2n) is 3.35. The summed E-state index contributed by atoms with van der Waals surface area (Å²) in [7, 11) is 1.66. The van der Waals surface area contributed by atoms with Gasteiger partial charge in [0.1, 0.15) is 0 Å². The van der Waals surface area contributed by atoms with Crippen molar-refractivity contribution in [3.05, 3.63) is 40.6 Å². The molecule has 0 N–H and O–H groups in total. The molecule has 0 saturated carbocycles. The van der Waals surface area contributed by atoms with E-state index in [1.165, 1.54) is 22.3 Å². The third-order valence-electron chi connectivity index (χ3n) is 2.11. The summed E-state index contributed by atoms with van der Waals surface area (Å²) in [6, 6.07) is 4.37. The molecule has 0 aliphatic carbocycles. The molecule has 0 unspecified atom stereocenters. The minimum Gasteiger partial charge on any atom is -0.504 e. The molecule has 0 heterocycles. The van der Waals surface area contributed by atoms with E-state index in [2.05, 4.69) is 32.9 Å². The zero-order chi connectivity index (χ0) is 9.84. The van der Waals surface area contributed by atoms with Gasteiger partial charge >= 0.3 is 0 Å². The first-order valence-electron chi connectivity index (χ1n) is 4.42. The molecule has 1 aromatic rings. The molecule has 0 radical (unpaired) electrons. The number of benzene rings is 1. The Bertz CT molecular complexity index is 301. The van der Waals surface area contributed by atoms with Crippen LogP contribution >= 0.6 is 0 Å². The van der Waals surface area contributed by atoms with E-state index < -0.39 is 0 Å². The summed E-state index contributed by atoms with van der Waals surface area (Å²) in [5, 5.41) is 0. The Morgan fingerprint density at radius 1 is 1.08 bits per heavy atom. The Morgan fingerprint density at radius 3 is 2.08 bits per heavy atom. The highest BCUT2D eigenvalue weighted by Crippen LogP contribution is 2.17. The number of methoxy groups -OCH3 is 1. The lowest BCUT2D eigenvalue weighted by Crippen LogP contribution is -1.88. The van der Waals surface area contributed by atoms with Crippen molar-refractivity contribution in [3.63, 3.8) is 0 Å². The molecule has 1 aromatic carbocycles. The molecule has 13 heavy (non-hydrogen) atoms. The predicted molar refractivity (Wildman–Crippen MR) is 56.7 cm³/mol. The fourth-order valence-corrected chi connectivity index (χ4v) is 1.59. The smallest absolute Gasteiger partial charge is 0.0830 e. The van der Waals surface area contributed by atoms with E-state index in [0.717, 1.165) is 0 Å². The third-order valence-corrected chi connectivity index (χ3v) is 2.11. The first kappa shape index (κ1) is 9.85. The molecule has 0 saturated heterocycles. The van der Waals surface area contributed by atoms with E-state index >= 15 is 0 Å². The van der Waals surface area contributed by atoms with Crippen LogP contribution in [0.25, 0.3) is 6.08 Å². The maximum Gasteiger partial charge on any atom is 0.0830 e. The molecule has 0 bridgehead atoms. The number of aryl methyl sites for hydroxylation is 3. The summed E-state index contributed by atoms with van der Waals surface area (Å²) in [4.78, 5) is 0. The fraction of sp³-hybridized carbons (Fsp3) is 0.333. The summed E-state index contributed by atoms with van der Waals surface area (Å²) in [6.45, 7) is 6.36. The van der Waals surface area contributed by atoms with E-state index in [1.54, 1.807) is 13.4 Å². The van der Waals surface area contributed by atoms with E-state index in [1.807, 2.05) is 6.08 Å². The molecule has 0 aromatic heterocycles. The largest absolute Gasteiger partial charge is 0.504 e. The van der Waals surface area contributed by atoms with E-state index in [9.17, 15) is 0 Å². The second kappa shape index (κ2) is 4.13. The Morgan fingerprint density at radius 2 is 1.62 bits per heavy atom. The topological polar surface area (TPSA) is 9.23 Å². The van der Waals surface area contributed by atoms with Gasteiger partial charge in [0.2, 0.25) is 0 Å². The van der Waals surface area contributed by atoms with Gasteiger partial charge < -0.3 is 4.74 Å². The first-order chi connectivity index (χ1) is 6.15. The highest BCUT2D eigenvalue weighted by Gasteiger charge is 1.99. The first-order valence-corrected chi connectivity index (χ1v) is 4.42. The molecule has 0 fully saturated rings. The average Bonchev–Trinajstić information content (AvgIpc) is 2.02. The molecule has 0 spiro atoms. The summed E-state index contributed by atoms with van der Waals surface area (Å²) >= 11 is 0. The van der Waals surface area contributed by atoms with Crippen LogP contribution in [-0.2, 0) is 4.74 Å². The lowest BCUT2D eigenvalue weighted by Gasteiger charge is -2.06. The normalized spacial score (nSPS) is 10.8. The molecule has 0 amide bonds. The van der Waals surface area contributed by atoms with Gasteiger partial charge in [0.05, 0.1) is 13.4 Å². The van der Waals surface area contributed by atoms with Gasteiger partial charge in [-0.1, -0.05) is 17.7 Å². The van der Waals surface area contributed by atoms with E-state index in [0.29, 0.717) is 0 Å². The van der Waals surface area contributed by atoms with Crippen molar-refractivity contribution in [2.24, 2.45) is 0 Å². The van der Waals surface area contributed by atoms with Gasteiger partial charge in [0.15, 0.2) is 0 Å². The van der Waals surface area contributed by atoms with Crippen molar-refractivity contribution in [2.45, 2.75) is 20.8 Å². The monoisotopic (exact) mass is 176 g/mol. The van der Waals surface area contributed by atoms with Crippen LogP contribution in [0.4, 0.5) is 0 Å². The predicted octanol–water partition coefficient (Wildman–Crippen LogP) is 3.23. The fourth-order valence-electron chi connectivity index (χ4n) is 1.59. The van der Waals surface area contributed by atoms with Crippen LogP contribution in [0.15, 0.2) is 18.4 Å². The molecule has 1 heteroatoms. The molecule has 70 valence electrons.